The van der Waals surface area contributed by atoms with E-state index in [2.05, 4.69) is 81.5 Å². The molecule has 0 saturated heterocycles. The maximum atomic E-state index is 12.9. The van der Waals surface area contributed by atoms with Crippen molar-refractivity contribution in [3.63, 3.8) is 0 Å². The average Bonchev–Trinajstić information content (AvgIpc) is 3.40. The van der Waals surface area contributed by atoms with E-state index in [9.17, 15) is 14.4 Å². The molecule has 0 rings (SSSR count). The molecule has 0 N–H and O–H groups in total. The maximum absolute atomic E-state index is 12.9. The second-order valence-corrected chi connectivity index (χ2v) is 21.7. The lowest BCUT2D eigenvalue weighted by atomic mass is 10.0. The third-order valence-electron chi connectivity index (χ3n) is 14.3. The summed E-state index contributed by atoms with van der Waals surface area (Å²) in [6.07, 6.45) is 79.5. The molecule has 6 heteroatoms. The van der Waals surface area contributed by atoms with Crippen molar-refractivity contribution in [2.24, 2.45) is 0 Å². The predicted octanol–water partition coefficient (Wildman–Crippen LogP) is 21.9. The number of rotatable bonds is 59. The van der Waals surface area contributed by atoms with Crippen molar-refractivity contribution >= 4 is 17.9 Å². The SMILES string of the molecule is CC/C=C\C/C=C\C/C=C\C/C=C\C/C=C\CCCCCC(=O)OC(COC(=O)CCCCCCCCCCCCCCCC)COC(=O)CCCCCCCCCCCCCCCCCCCCCCCCC. The van der Waals surface area contributed by atoms with Gasteiger partial charge in [-0.25, -0.2) is 0 Å². The van der Waals surface area contributed by atoms with Gasteiger partial charge in [0.05, 0.1) is 0 Å². The van der Waals surface area contributed by atoms with Crippen LogP contribution in [0.25, 0.3) is 0 Å². The van der Waals surface area contributed by atoms with E-state index in [0.29, 0.717) is 19.3 Å². The number of allylic oxidation sites excluding steroid dienone is 10. The molecule has 0 aromatic heterocycles. The van der Waals surface area contributed by atoms with Gasteiger partial charge in [-0.2, -0.15) is 0 Å². The molecule has 0 bridgehead atoms. The molecule has 1 atom stereocenters. The first kappa shape index (κ1) is 71.1. The molecule has 0 saturated carbocycles. The number of hydrogen-bond acceptors (Lipinski definition) is 6. The van der Waals surface area contributed by atoms with Gasteiger partial charge in [0.25, 0.3) is 0 Å². The van der Waals surface area contributed by atoms with Crippen molar-refractivity contribution in [1.29, 1.82) is 0 Å². The maximum Gasteiger partial charge on any atom is 0.306 e. The third-order valence-corrected chi connectivity index (χ3v) is 14.3. The highest BCUT2D eigenvalue weighted by molar-refractivity contribution is 5.71. The summed E-state index contributed by atoms with van der Waals surface area (Å²) in [4.78, 5) is 38.3. The van der Waals surface area contributed by atoms with E-state index in [1.807, 2.05) is 0 Å². The zero-order chi connectivity index (χ0) is 53.6. The highest BCUT2D eigenvalue weighted by Crippen LogP contribution is 2.18. The van der Waals surface area contributed by atoms with E-state index >= 15 is 0 Å². The van der Waals surface area contributed by atoms with Crippen LogP contribution in [0.1, 0.15) is 335 Å². The highest BCUT2D eigenvalue weighted by atomic mass is 16.6. The van der Waals surface area contributed by atoms with Gasteiger partial charge in [-0.05, 0) is 64.2 Å². The molecule has 0 spiro atoms. The van der Waals surface area contributed by atoms with Crippen LogP contribution in [0.3, 0.4) is 0 Å². The zero-order valence-corrected chi connectivity index (χ0v) is 49.4. The predicted molar refractivity (Wildman–Crippen MR) is 321 cm³/mol. The quantitative estimate of drug-likeness (QED) is 0.0261. The third kappa shape index (κ3) is 60.0. The molecule has 0 aromatic carbocycles. The average molecular weight is 1040 g/mol. The zero-order valence-electron chi connectivity index (χ0n) is 49.4. The summed E-state index contributed by atoms with van der Waals surface area (Å²) in [6.45, 7) is 6.55. The Hall–Kier alpha value is -2.89. The summed E-state index contributed by atoms with van der Waals surface area (Å²) in [5.41, 5.74) is 0. The van der Waals surface area contributed by atoms with E-state index < -0.39 is 6.10 Å². The molecule has 0 aromatic rings. The van der Waals surface area contributed by atoms with Gasteiger partial charge in [0.2, 0.25) is 0 Å². The molecule has 0 aliphatic heterocycles. The van der Waals surface area contributed by atoms with Crippen LogP contribution in [0.15, 0.2) is 60.8 Å². The van der Waals surface area contributed by atoms with Crippen molar-refractivity contribution in [3.8, 4) is 0 Å². The fraction of sp³-hybridized carbons (Fsp3) is 0.809. The molecule has 0 radical (unpaired) electrons. The molecule has 6 nitrogen and oxygen atoms in total. The first-order valence-electron chi connectivity index (χ1n) is 32.3. The molecular formula is C68H122O6. The van der Waals surface area contributed by atoms with Crippen LogP contribution in [0.2, 0.25) is 0 Å². The van der Waals surface area contributed by atoms with Gasteiger partial charge in [0, 0.05) is 19.3 Å². The Balaban J connectivity index is 4.34. The summed E-state index contributed by atoms with van der Waals surface area (Å²) >= 11 is 0. The molecule has 1 unspecified atom stereocenters. The second-order valence-electron chi connectivity index (χ2n) is 21.7. The minimum Gasteiger partial charge on any atom is -0.462 e. The van der Waals surface area contributed by atoms with Crippen molar-refractivity contribution in [3.05, 3.63) is 60.8 Å². The molecule has 74 heavy (non-hydrogen) atoms. The first-order valence-corrected chi connectivity index (χ1v) is 32.3. The normalized spacial score (nSPS) is 12.4. The van der Waals surface area contributed by atoms with Gasteiger partial charge in [0.15, 0.2) is 6.10 Å². The van der Waals surface area contributed by atoms with E-state index in [1.54, 1.807) is 0 Å². The van der Waals surface area contributed by atoms with Crippen LogP contribution < -0.4 is 0 Å². The standard InChI is InChI=1S/C68H122O6/c1-4-7-10-13-16-19-22-25-28-30-32-33-34-35-37-38-40-43-46-49-52-55-58-61-67(70)73-64-65(63-72-66(69)60-57-54-51-48-45-42-27-24-21-18-15-12-9-6-3)74-68(71)62-59-56-53-50-47-44-41-39-36-31-29-26-23-20-17-14-11-8-5-2/h8,11,17,20,26,29,36,39,44,47,65H,4-7,9-10,12-16,18-19,21-25,27-28,30-35,37-38,40-43,45-46,48-64H2,1-3H3/b11-8-,20-17-,29-26-,39-36-,47-44-. The summed E-state index contributed by atoms with van der Waals surface area (Å²) in [5, 5.41) is 0. The van der Waals surface area contributed by atoms with Gasteiger partial charge in [0.1, 0.15) is 13.2 Å². The lowest BCUT2D eigenvalue weighted by molar-refractivity contribution is -0.167. The molecule has 0 aliphatic carbocycles. The second kappa shape index (κ2) is 62.6. The lowest BCUT2D eigenvalue weighted by Gasteiger charge is -2.18. The summed E-state index contributed by atoms with van der Waals surface area (Å²) in [7, 11) is 0. The Morgan fingerprint density at radius 2 is 0.527 bits per heavy atom. The lowest BCUT2D eigenvalue weighted by Crippen LogP contribution is -2.30. The van der Waals surface area contributed by atoms with Gasteiger partial charge in [-0.1, -0.05) is 313 Å². The highest BCUT2D eigenvalue weighted by Gasteiger charge is 2.19. The number of esters is 3. The van der Waals surface area contributed by atoms with E-state index in [0.717, 1.165) is 96.3 Å². The monoisotopic (exact) mass is 1030 g/mol. The van der Waals surface area contributed by atoms with Crippen LogP contribution in [0.4, 0.5) is 0 Å². The van der Waals surface area contributed by atoms with Crippen LogP contribution in [-0.4, -0.2) is 37.2 Å². The first-order chi connectivity index (χ1) is 36.5. The topological polar surface area (TPSA) is 78.9 Å². The van der Waals surface area contributed by atoms with Crippen LogP contribution in [0, 0.1) is 0 Å². The number of unbranched alkanes of at least 4 members (excludes halogenated alkanes) is 38. The minimum absolute atomic E-state index is 0.0832. The Morgan fingerprint density at radius 3 is 0.824 bits per heavy atom. The molecule has 0 fully saturated rings. The summed E-state index contributed by atoms with van der Waals surface area (Å²) in [6, 6.07) is 0. The number of carbonyl (C=O) groups is 3. The smallest absolute Gasteiger partial charge is 0.306 e. The molecule has 0 aliphatic rings. The van der Waals surface area contributed by atoms with E-state index in [4.69, 9.17) is 14.2 Å². The Kier molecular flexibility index (Phi) is 60.2. The Labute approximate surface area is 460 Å². The van der Waals surface area contributed by atoms with Crippen LogP contribution in [0.5, 0.6) is 0 Å². The van der Waals surface area contributed by atoms with E-state index in [-0.39, 0.29) is 31.1 Å². The summed E-state index contributed by atoms with van der Waals surface area (Å²) < 4.78 is 16.9. The number of hydrogen-bond donors (Lipinski definition) is 0. The van der Waals surface area contributed by atoms with Crippen LogP contribution in [-0.2, 0) is 28.6 Å². The van der Waals surface area contributed by atoms with Gasteiger partial charge in [-0.15, -0.1) is 0 Å². The Morgan fingerprint density at radius 1 is 0.284 bits per heavy atom. The van der Waals surface area contributed by atoms with Crippen LogP contribution >= 0.6 is 0 Å². The fourth-order valence-corrected chi connectivity index (χ4v) is 9.47. The number of carbonyl (C=O) groups excluding carboxylic acids is 3. The van der Waals surface area contributed by atoms with Crippen molar-refractivity contribution < 1.29 is 28.6 Å². The van der Waals surface area contributed by atoms with Crippen molar-refractivity contribution in [2.75, 3.05) is 13.2 Å². The Bertz CT molecular complexity index is 1330. The molecule has 0 heterocycles. The van der Waals surface area contributed by atoms with Gasteiger partial charge < -0.3 is 14.2 Å². The minimum atomic E-state index is -0.789. The van der Waals surface area contributed by atoms with Gasteiger partial charge >= 0.3 is 17.9 Å². The largest absolute Gasteiger partial charge is 0.462 e. The van der Waals surface area contributed by atoms with Crippen molar-refractivity contribution in [1.82, 2.24) is 0 Å². The number of ether oxygens (including phenoxy) is 3. The molecule has 430 valence electrons. The van der Waals surface area contributed by atoms with E-state index in [1.165, 1.54) is 199 Å². The summed E-state index contributed by atoms with van der Waals surface area (Å²) in [5.74, 6) is -0.895. The molecule has 0 amide bonds. The molecular weight excluding hydrogens is 913 g/mol. The van der Waals surface area contributed by atoms with Crippen molar-refractivity contribution in [2.45, 2.75) is 341 Å². The fourth-order valence-electron chi connectivity index (χ4n) is 9.47. The van der Waals surface area contributed by atoms with Gasteiger partial charge in [-0.3, -0.25) is 14.4 Å².